The molecule has 38 heavy (non-hydrogen) atoms. The minimum absolute atomic E-state index is 0.0417. The highest BCUT2D eigenvalue weighted by Crippen LogP contribution is 2.48. The standard InChI is InChI=1S/C30H48N2O6/c1-7-10-13-31(14-11-8-2)26(33)19-32-18-22(21-15-24(36-6)28-25(16-21)37-20-38-28)27(29(34)35)23(32)17-30(4,5)12-9-3/h15-16,22-23,27H,7-14,17-20H2,1-6H3,(H,34,35)/t22-,23-,27-/m1/s1. The molecule has 1 N–H and O–H groups in total. The fraction of sp³-hybridized carbons (Fsp3) is 0.733. The number of ether oxygens (including phenoxy) is 3. The fourth-order valence-corrected chi connectivity index (χ4v) is 6.13. The lowest BCUT2D eigenvalue weighted by atomic mass is 9.76. The molecule has 3 atom stereocenters. The first kappa shape index (κ1) is 30.1. The first-order chi connectivity index (χ1) is 18.1. The minimum Gasteiger partial charge on any atom is -0.493 e. The van der Waals surface area contributed by atoms with Crippen LogP contribution in [0.1, 0.15) is 91.0 Å². The molecule has 0 aliphatic carbocycles. The van der Waals surface area contributed by atoms with Gasteiger partial charge in [-0.15, -0.1) is 0 Å². The van der Waals surface area contributed by atoms with Gasteiger partial charge in [0, 0.05) is 31.6 Å². The summed E-state index contributed by atoms with van der Waals surface area (Å²) in [5.74, 6) is -0.00940. The number of likely N-dealkylation sites (tertiary alicyclic amines) is 1. The molecule has 1 aromatic carbocycles. The molecule has 3 rings (SSSR count). The monoisotopic (exact) mass is 532 g/mol. The maximum atomic E-state index is 13.6. The molecular formula is C30H48N2O6. The lowest BCUT2D eigenvalue weighted by Crippen LogP contribution is -2.46. The Morgan fingerprint density at radius 1 is 1.11 bits per heavy atom. The van der Waals surface area contributed by atoms with E-state index in [9.17, 15) is 14.7 Å². The van der Waals surface area contributed by atoms with Crippen LogP contribution in [0.15, 0.2) is 12.1 Å². The van der Waals surface area contributed by atoms with Crippen LogP contribution in [0, 0.1) is 11.3 Å². The molecule has 1 amide bonds. The molecule has 1 aromatic rings. The number of fused-ring (bicyclic) bond motifs is 1. The summed E-state index contributed by atoms with van der Waals surface area (Å²) in [6.07, 6.45) is 6.75. The molecule has 8 nitrogen and oxygen atoms in total. The van der Waals surface area contributed by atoms with E-state index in [4.69, 9.17) is 14.2 Å². The first-order valence-electron chi connectivity index (χ1n) is 14.4. The Labute approximate surface area is 228 Å². The molecule has 0 saturated carbocycles. The zero-order chi connectivity index (χ0) is 27.9. The van der Waals surface area contributed by atoms with Crippen molar-refractivity contribution >= 4 is 11.9 Å². The van der Waals surface area contributed by atoms with Gasteiger partial charge >= 0.3 is 5.97 Å². The Kier molecular flexibility index (Phi) is 10.7. The predicted molar refractivity (Wildman–Crippen MR) is 148 cm³/mol. The van der Waals surface area contributed by atoms with Gasteiger partial charge in [-0.25, -0.2) is 0 Å². The average molecular weight is 533 g/mol. The van der Waals surface area contributed by atoms with Crippen molar-refractivity contribution in [3.05, 3.63) is 17.7 Å². The summed E-state index contributed by atoms with van der Waals surface area (Å²) >= 11 is 0. The van der Waals surface area contributed by atoms with Crippen molar-refractivity contribution in [3.8, 4) is 17.2 Å². The number of unbranched alkanes of at least 4 members (excludes halogenated alkanes) is 2. The molecule has 2 aliphatic rings. The number of rotatable bonds is 15. The second-order valence-corrected chi connectivity index (χ2v) is 11.6. The first-order valence-corrected chi connectivity index (χ1v) is 14.4. The summed E-state index contributed by atoms with van der Waals surface area (Å²) in [6.45, 7) is 13.2. The summed E-state index contributed by atoms with van der Waals surface area (Å²) in [5, 5.41) is 10.5. The second kappa shape index (κ2) is 13.5. The van der Waals surface area contributed by atoms with Gasteiger partial charge in [0.25, 0.3) is 0 Å². The van der Waals surface area contributed by atoms with Crippen LogP contribution in [-0.4, -0.2) is 72.9 Å². The second-order valence-electron chi connectivity index (χ2n) is 11.6. The molecule has 0 unspecified atom stereocenters. The van der Waals surface area contributed by atoms with Gasteiger partial charge in [-0.3, -0.25) is 14.5 Å². The molecule has 0 radical (unpaired) electrons. The van der Waals surface area contributed by atoms with Crippen LogP contribution in [0.3, 0.4) is 0 Å². The van der Waals surface area contributed by atoms with E-state index in [0.29, 0.717) is 30.2 Å². The molecule has 1 fully saturated rings. The van der Waals surface area contributed by atoms with Crippen LogP contribution in [0.4, 0.5) is 0 Å². The van der Waals surface area contributed by atoms with Crippen LogP contribution in [-0.2, 0) is 9.59 Å². The minimum atomic E-state index is -0.826. The van der Waals surface area contributed by atoms with E-state index in [0.717, 1.165) is 57.2 Å². The SMILES string of the molecule is CCCCN(CCCC)C(=O)CN1C[C@H](c2cc(OC)c3c(c2)OCO3)[C@@H](C(=O)O)[C@H]1CC(C)(C)CCC. The number of amides is 1. The van der Waals surface area contributed by atoms with Gasteiger partial charge in [0.05, 0.1) is 19.6 Å². The molecule has 214 valence electrons. The molecule has 2 heterocycles. The predicted octanol–water partition coefficient (Wildman–Crippen LogP) is 5.54. The number of carboxylic acids is 1. The van der Waals surface area contributed by atoms with Crippen LogP contribution in [0.25, 0.3) is 0 Å². The number of carbonyl (C=O) groups excluding carboxylic acids is 1. The Hall–Kier alpha value is -2.48. The molecule has 0 aromatic heterocycles. The highest BCUT2D eigenvalue weighted by Gasteiger charge is 2.49. The summed E-state index contributed by atoms with van der Waals surface area (Å²) in [7, 11) is 1.58. The number of benzene rings is 1. The van der Waals surface area contributed by atoms with E-state index in [-0.39, 0.29) is 36.6 Å². The van der Waals surface area contributed by atoms with Gasteiger partial charge in [0.2, 0.25) is 18.4 Å². The van der Waals surface area contributed by atoms with Crippen molar-refractivity contribution in [2.75, 3.05) is 40.1 Å². The van der Waals surface area contributed by atoms with E-state index in [1.807, 2.05) is 17.0 Å². The third-order valence-electron chi connectivity index (χ3n) is 8.08. The summed E-state index contributed by atoms with van der Waals surface area (Å²) in [6, 6.07) is 3.51. The van der Waals surface area contributed by atoms with Gasteiger partial charge in [0.15, 0.2) is 11.5 Å². The van der Waals surface area contributed by atoms with Crippen molar-refractivity contribution in [1.29, 1.82) is 0 Å². The zero-order valence-electron chi connectivity index (χ0n) is 24.3. The van der Waals surface area contributed by atoms with Crippen molar-refractivity contribution in [1.82, 2.24) is 9.80 Å². The number of nitrogens with zero attached hydrogens (tertiary/aromatic N) is 2. The van der Waals surface area contributed by atoms with Crippen LogP contribution >= 0.6 is 0 Å². The molecular weight excluding hydrogens is 484 g/mol. The summed E-state index contributed by atoms with van der Waals surface area (Å²) in [5.41, 5.74) is 0.806. The van der Waals surface area contributed by atoms with Gasteiger partial charge in [-0.05, 0) is 48.8 Å². The maximum absolute atomic E-state index is 13.6. The van der Waals surface area contributed by atoms with E-state index < -0.39 is 11.9 Å². The third-order valence-corrected chi connectivity index (χ3v) is 8.08. The highest BCUT2D eigenvalue weighted by atomic mass is 16.7. The molecule has 1 saturated heterocycles. The van der Waals surface area contributed by atoms with Crippen LogP contribution in [0.5, 0.6) is 17.2 Å². The third kappa shape index (κ3) is 7.13. The van der Waals surface area contributed by atoms with Crippen molar-refractivity contribution < 1.29 is 28.9 Å². The Balaban J connectivity index is 1.96. The smallest absolute Gasteiger partial charge is 0.308 e. The maximum Gasteiger partial charge on any atom is 0.308 e. The summed E-state index contributed by atoms with van der Waals surface area (Å²) in [4.78, 5) is 30.6. The van der Waals surface area contributed by atoms with Crippen molar-refractivity contribution in [2.24, 2.45) is 11.3 Å². The number of carbonyl (C=O) groups is 2. The molecule has 2 aliphatic heterocycles. The van der Waals surface area contributed by atoms with Crippen molar-refractivity contribution in [3.63, 3.8) is 0 Å². The lowest BCUT2D eigenvalue weighted by molar-refractivity contribution is -0.144. The van der Waals surface area contributed by atoms with Crippen LogP contribution < -0.4 is 14.2 Å². The number of hydrogen-bond acceptors (Lipinski definition) is 6. The number of carboxylic acid groups (broad SMARTS) is 1. The Morgan fingerprint density at radius 2 is 1.79 bits per heavy atom. The van der Waals surface area contributed by atoms with Gasteiger partial charge < -0.3 is 24.2 Å². The fourth-order valence-electron chi connectivity index (χ4n) is 6.13. The van der Waals surface area contributed by atoms with Gasteiger partial charge in [-0.1, -0.05) is 53.9 Å². The van der Waals surface area contributed by atoms with Gasteiger partial charge in [0.1, 0.15) is 0 Å². The highest BCUT2D eigenvalue weighted by molar-refractivity contribution is 5.79. The van der Waals surface area contributed by atoms with E-state index in [1.165, 1.54) is 0 Å². The molecule has 8 heteroatoms. The van der Waals surface area contributed by atoms with E-state index >= 15 is 0 Å². The summed E-state index contributed by atoms with van der Waals surface area (Å²) < 4.78 is 16.8. The zero-order valence-corrected chi connectivity index (χ0v) is 24.3. The quantitative estimate of drug-likeness (QED) is 0.317. The van der Waals surface area contributed by atoms with Crippen molar-refractivity contribution in [2.45, 2.75) is 91.5 Å². The largest absolute Gasteiger partial charge is 0.493 e. The van der Waals surface area contributed by atoms with E-state index in [1.54, 1.807) is 7.11 Å². The average Bonchev–Trinajstić information content (AvgIpc) is 3.48. The number of methoxy groups -OCH3 is 1. The molecule has 0 bridgehead atoms. The lowest BCUT2D eigenvalue weighted by Gasteiger charge is -2.35. The Morgan fingerprint density at radius 3 is 2.37 bits per heavy atom. The Bertz CT molecular complexity index is 941. The van der Waals surface area contributed by atoms with Crippen LogP contribution in [0.2, 0.25) is 0 Å². The van der Waals surface area contributed by atoms with E-state index in [2.05, 4.69) is 39.5 Å². The topological polar surface area (TPSA) is 88.5 Å². The van der Waals surface area contributed by atoms with Gasteiger partial charge in [-0.2, -0.15) is 0 Å². The normalized spacial score (nSPS) is 21.1. The number of hydrogen-bond donors (Lipinski definition) is 1. The molecule has 0 spiro atoms. The number of aliphatic carboxylic acids is 1.